The third kappa shape index (κ3) is 5.43. The van der Waals surface area contributed by atoms with Crippen LogP contribution in [0.5, 0.6) is 11.5 Å². The zero-order valence-electron chi connectivity index (χ0n) is 17.7. The second kappa shape index (κ2) is 8.89. The number of methoxy groups -OCH3 is 2. The maximum atomic E-state index is 5.32. The quantitative estimate of drug-likeness (QED) is 0.364. The van der Waals surface area contributed by atoms with Crippen molar-refractivity contribution in [1.82, 2.24) is 0 Å². The van der Waals surface area contributed by atoms with Gasteiger partial charge in [0.2, 0.25) is 0 Å². The summed E-state index contributed by atoms with van der Waals surface area (Å²) < 4.78 is 10.6. The summed E-state index contributed by atoms with van der Waals surface area (Å²) in [5.41, 5.74) is 7.63. The first-order valence-corrected chi connectivity index (χ1v) is 13.1. The van der Waals surface area contributed by atoms with Gasteiger partial charge in [0.15, 0.2) is 0 Å². The van der Waals surface area contributed by atoms with E-state index in [1.807, 2.05) is 24.3 Å². The average Bonchev–Trinajstić information content (AvgIpc) is 2.73. The number of hydrogen-bond acceptors (Lipinski definition) is 3. The fourth-order valence-electron chi connectivity index (χ4n) is 2.89. The molecular formula is C25H27NO2Si. The summed E-state index contributed by atoms with van der Waals surface area (Å²) in [7, 11) is 1.92. The predicted molar refractivity (Wildman–Crippen MR) is 124 cm³/mol. The van der Waals surface area contributed by atoms with Crippen molar-refractivity contribution in [2.45, 2.75) is 19.6 Å². The maximum Gasteiger partial charge on any atom is 0.129 e. The highest BCUT2D eigenvalue weighted by molar-refractivity contribution is 6.83. The molecule has 0 saturated heterocycles. The summed E-state index contributed by atoms with van der Waals surface area (Å²) in [4.78, 5) is 2.21. The van der Waals surface area contributed by atoms with E-state index in [-0.39, 0.29) is 0 Å². The minimum Gasteiger partial charge on any atom is -0.497 e. The van der Waals surface area contributed by atoms with E-state index in [1.54, 1.807) is 14.2 Å². The molecule has 0 atom stereocenters. The lowest BCUT2D eigenvalue weighted by Gasteiger charge is -2.26. The Kier molecular flexibility index (Phi) is 6.31. The molecule has 0 spiro atoms. The van der Waals surface area contributed by atoms with Crippen LogP contribution >= 0.6 is 0 Å². The molecular weight excluding hydrogens is 374 g/mol. The molecule has 0 bridgehead atoms. The van der Waals surface area contributed by atoms with E-state index in [9.17, 15) is 0 Å². The van der Waals surface area contributed by atoms with Gasteiger partial charge in [0.25, 0.3) is 0 Å². The molecule has 0 fully saturated rings. The molecule has 29 heavy (non-hydrogen) atoms. The molecule has 0 amide bonds. The third-order valence-corrected chi connectivity index (χ3v) is 5.22. The van der Waals surface area contributed by atoms with Gasteiger partial charge in [0.1, 0.15) is 19.6 Å². The second-order valence-electron chi connectivity index (χ2n) is 7.78. The Morgan fingerprint density at radius 3 is 1.66 bits per heavy atom. The van der Waals surface area contributed by atoms with Gasteiger partial charge >= 0.3 is 0 Å². The fourth-order valence-corrected chi connectivity index (χ4v) is 3.41. The highest BCUT2D eigenvalue weighted by Gasteiger charge is 2.13. The van der Waals surface area contributed by atoms with E-state index >= 15 is 0 Å². The van der Waals surface area contributed by atoms with Crippen LogP contribution in [0.4, 0.5) is 17.1 Å². The first-order chi connectivity index (χ1) is 13.9. The zero-order chi connectivity index (χ0) is 20.9. The molecule has 3 nitrogen and oxygen atoms in total. The third-order valence-electron chi connectivity index (χ3n) is 4.35. The van der Waals surface area contributed by atoms with Gasteiger partial charge in [-0.2, -0.15) is 0 Å². The van der Waals surface area contributed by atoms with Crippen LogP contribution in [0.15, 0.2) is 72.8 Å². The molecule has 3 aromatic carbocycles. The molecule has 0 aromatic heterocycles. The van der Waals surface area contributed by atoms with E-state index in [0.717, 1.165) is 34.1 Å². The Morgan fingerprint density at radius 2 is 1.21 bits per heavy atom. The van der Waals surface area contributed by atoms with Gasteiger partial charge in [-0.25, -0.2) is 0 Å². The average molecular weight is 402 g/mol. The minimum absolute atomic E-state index is 0.832. The zero-order valence-corrected chi connectivity index (χ0v) is 18.7. The second-order valence-corrected chi connectivity index (χ2v) is 12.5. The van der Waals surface area contributed by atoms with Crippen LogP contribution in [-0.2, 0) is 0 Å². The van der Waals surface area contributed by atoms with Crippen LogP contribution in [0.3, 0.4) is 0 Å². The van der Waals surface area contributed by atoms with Gasteiger partial charge in [-0.1, -0.05) is 31.6 Å². The minimum atomic E-state index is -1.44. The largest absolute Gasteiger partial charge is 0.497 e. The van der Waals surface area contributed by atoms with Crippen molar-refractivity contribution in [3.8, 4) is 23.0 Å². The molecule has 0 radical (unpaired) electrons. The van der Waals surface area contributed by atoms with Crippen molar-refractivity contribution >= 4 is 25.1 Å². The summed E-state index contributed by atoms with van der Waals surface area (Å²) in [6.07, 6.45) is 0. The molecule has 0 heterocycles. The Morgan fingerprint density at radius 1 is 0.690 bits per heavy atom. The maximum absolute atomic E-state index is 5.32. The van der Waals surface area contributed by atoms with Gasteiger partial charge in [0, 0.05) is 22.6 Å². The van der Waals surface area contributed by atoms with Crippen molar-refractivity contribution in [2.75, 3.05) is 19.1 Å². The van der Waals surface area contributed by atoms with Crippen LogP contribution in [0.2, 0.25) is 19.6 Å². The number of ether oxygens (including phenoxy) is 2. The number of benzene rings is 3. The highest BCUT2D eigenvalue weighted by atomic mass is 28.3. The van der Waals surface area contributed by atoms with Gasteiger partial charge in [-0.15, -0.1) is 5.54 Å². The molecule has 0 aliphatic rings. The topological polar surface area (TPSA) is 21.7 Å². The van der Waals surface area contributed by atoms with Crippen molar-refractivity contribution in [3.63, 3.8) is 0 Å². The summed E-state index contributed by atoms with van der Waals surface area (Å²) in [6.45, 7) is 6.76. The van der Waals surface area contributed by atoms with E-state index in [0.29, 0.717) is 0 Å². The van der Waals surface area contributed by atoms with Gasteiger partial charge in [-0.05, 0) is 66.7 Å². The number of nitrogens with zero attached hydrogens (tertiary/aromatic N) is 1. The van der Waals surface area contributed by atoms with Gasteiger partial charge in [-0.3, -0.25) is 0 Å². The first-order valence-electron chi connectivity index (χ1n) is 9.61. The Hall–Kier alpha value is -3.16. The molecule has 0 aliphatic heterocycles. The van der Waals surface area contributed by atoms with Crippen molar-refractivity contribution in [3.05, 3.63) is 78.4 Å². The molecule has 0 unspecified atom stereocenters. The molecule has 148 valence electrons. The van der Waals surface area contributed by atoms with Crippen molar-refractivity contribution in [1.29, 1.82) is 0 Å². The molecule has 3 rings (SSSR count). The lowest BCUT2D eigenvalue weighted by molar-refractivity contribution is 0.415. The standard InChI is InChI=1S/C25H27NO2Si/c1-27-24-13-9-21(10-14-24)26(22-11-15-25(28-2)16-12-22)23-8-6-7-20(19-23)17-18-29(3,4)5/h6-16,19H,1-5H3. The number of anilines is 3. The van der Waals surface area contributed by atoms with Crippen LogP contribution in [0.1, 0.15) is 5.56 Å². The Balaban J connectivity index is 2.07. The smallest absolute Gasteiger partial charge is 0.129 e. The fraction of sp³-hybridized carbons (Fsp3) is 0.200. The highest BCUT2D eigenvalue weighted by Crippen LogP contribution is 2.36. The van der Waals surface area contributed by atoms with E-state index in [4.69, 9.17) is 9.47 Å². The molecule has 0 aliphatic carbocycles. The first kappa shape index (κ1) is 20.6. The predicted octanol–water partition coefficient (Wildman–Crippen LogP) is 6.40. The van der Waals surface area contributed by atoms with Gasteiger partial charge < -0.3 is 14.4 Å². The van der Waals surface area contributed by atoms with Crippen LogP contribution < -0.4 is 14.4 Å². The number of rotatable bonds is 5. The van der Waals surface area contributed by atoms with Gasteiger partial charge in [0.05, 0.1) is 14.2 Å². The lowest BCUT2D eigenvalue weighted by Crippen LogP contribution is -2.16. The van der Waals surface area contributed by atoms with Crippen LogP contribution in [0.25, 0.3) is 0 Å². The SMILES string of the molecule is COc1ccc(N(c2ccc(OC)cc2)c2cccc(C#C[Si](C)(C)C)c2)cc1. The summed E-state index contributed by atoms with van der Waals surface area (Å²) >= 11 is 0. The Labute approximate surface area is 174 Å². The molecule has 0 N–H and O–H groups in total. The Bertz CT molecular complexity index is 962. The molecule has 3 aromatic rings. The van der Waals surface area contributed by atoms with Crippen LogP contribution in [0, 0.1) is 11.5 Å². The van der Waals surface area contributed by atoms with Crippen molar-refractivity contribution in [2.24, 2.45) is 0 Å². The molecule has 4 heteroatoms. The van der Waals surface area contributed by atoms with Crippen molar-refractivity contribution < 1.29 is 9.47 Å². The summed E-state index contributed by atoms with van der Waals surface area (Å²) in [6, 6.07) is 24.5. The van der Waals surface area contributed by atoms with E-state index < -0.39 is 8.07 Å². The number of hydrogen-bond donors (Lipinski definition) is 0. The normalized spacial score (nSPS) is 10.7. The van der Waals surface area contributed by atoms with E-state index in [2.05, 4.69) is 84.5 Å². The summed E-state index contributed by atoms with van der Waals surface area (Å²) in [5.74, 6) is 5.03. The lowest BCUT2D eigenvalue weighted by atomic mass is 10.1. The summed E-state index contributed by atoms with van der Waals surface area (Å²) in [5, 5.41) is 0. The monoisotopic (exact) mass is 401 g/mol. The molecule has 0 saturated carbocycles. The van der Waals surface area contributed by atoms with Crippen LogP contribution in [-0.4, -0.2) is 22.3 Å². The van der Waals surface area contributed by atoms with E-state index in [1.165, 1.54) is 0 Å².